The maximum Gasteiger partial charge on any atom is 0.101 e. The van der Waals surface area contributed by atoms with Crippen LogP contribution in [-0.4, -0.2) is 11.5 Å². The van der Waals surface area contributed by atoms with Crippen LogP contribution in [0.15, 0.2) is 21.3 Å². The van der Waals surface area contributed by atoms with E-state index in [0.717, 1.165) is 16.0 Å². The van der Waals surface area contributed by atoms with Crippen molar-refractivity contribution in [2.45, 2.75) is 24.7 Å². The van der Waals surface area contributed by atoms with Gasteiger partial charge in [-0.05, 0) is 40.9 Å². The molecule has 0 aliphatic heterocycles. The number of rotatable bonds is 3. The van der Waals surface area contributed by atoms with E-state index >= 15 is 0 Å². The van der Waals surface area contributed by atoms with Gasteiger partial charge < -0.3 is 5.73 Å². The summed E-state index contributed by atoms with van der Waals surface area (Å²) < 4.78 is 1.15. The SMILES string of the molecule is NCC1(c2nc(-c3ccc(Br)s3)cs2)CCC1. The minimum atomic E-state index is 0.192. The van der Waals surface area contributed by atoms with E-state index in [-0.39, 0.29) is 5.41 Å². The normalized spacial score (nSPS) is 18.0. The zero-order chi connectivity index (χ0) is 11.9. The van der Waals surface area contributed by atoms with Crippen molar-refractivity contribution in [2.75, 3.05) is 6.54 Å². The van der Waals surface area contributed by atoms with Crippen molar-refractivity contribution in [1.82, 2.24) is 4.98 Å². The molecule has 2 aromatic heterocycles. The molecule has 1 aliphatic carbocycles. The van der Waals surface area contributed by atoms with Gasteiger partial charge in [0.15, 0.2) is 0 Å². The van der Waals surface area contributed by atoms with Gasteiger partial charge in [-0.2, -0.15) is 0 Å². The monoisotopic (exact) mass is 328 g/mol. The summed E-state index contributed by atoms with van der Waals surface area (Å²) in [6, 6.07) is 4.19. The molecule has 1 fully saturated rings. The minimum Gasteiger partial charge on any atom is -0.329 e. The lowest BCUT2D eigenvalue weighted by Crippen LogP contribution is -2.41. The highest BCUT2D eigenvalue weighted by Gasteiger charge is 2.40. The van der Waals surface area contributed by atoms with Crippen molar-refractivity contribution in [3.63, 3.8) is 0 Å². The van der Waals surface area contributed by atoms with Crippen LogP contribution in [0.1, 0.15) is 24.3 Å². The maximum atomic E-state index is 5.91. The van der Waals surface area contributed by atoms with Crippen molar-refractivity contribution >= 4 is 38.6 Å². The van der Waals surface area contributed by atoms with Gasteiger partial charge in [-0.3, -0.25) is 0 Å². The lowest BCUT2D eigenvalue weighted by Gasteiger charge is -2.38. The Labute approximate surface area is 117 Å². The molecule has 5 heteroatoms. The Bertz CT molecular complexity index is 523. The Morgan fingerprint density at radius 2 is 2.24 bits per heavy atom. The van der Waals surface area contributed by atoms with Crippen LogP contribution in [0.25, 0.3) is 10.6 Å². The van der Waals surface area contributed by atoms with Gasteiger partial charge in [0.1, 0.15) is 5.01 Å². The molecule has 0 spiro atoms. The van der Waals surface area contributed by atoms with E-state index < -0.39 is 0 Å². The molecular formula is C12H13BrN2S2. The van der Waals surface area contributed by atoms with E-state index in [4.69, 9.17) is 10.7 Å². The Morgan fingerprint density at radius 3 is 2.76 bits per heavy atom. The molecule has 2 aromatic rings. The second-order valence-corrected chi connectivity index (χ2v) is 7.80. The molecule has 0 aromatic carbocycles. The van der Waals surface area contributed by atoms with Crippen molar-refractivity contribution in [1.29, 1.82) is 0 Å². The lowest BCUT2D eigenvalue weighted by atomic mass is 9.69. The third-order valence-electron chi connectivity index (χ3n) is 3.48. The summed E-state index contributed by atoms with van der Waals surface area (Å²) in [5.74, 6) is 0. The van der Waals surface area contributed by atoms with Crippen LogP contribution < -0.4 is 5.73 Å². The van der Waals surface area contributed by atoms with Gasteiger partial charge in [0.25, 0.3) is 0 Å². The van der Waals surface area contributed by atoms with Gasteiger partial charge in [-0.25, -0.2) is 4.98 Å². The van der Waals surface area contributed by atoms with Gasteiger partial charge in [0, 0.05) is 17.3 Å². The van der Waals surface area contributed by atoms with E-state index in [9.17, 15) is 0 Å². The molecule has 2 heterocycles. The number of nitrogens with zero attached hydrogens (tertiary/aromatic N) is 1. The van der Waals surface area contributed by atoms with Crippen LogP contribution in [-0.2, 0) is 5.41 Å². The first-order valence-corrected chi connectivity index (χ1v) is 8.14. The average Bonchev–Trinajstić information content (AvgIpc) is 2.86. The first-order valence-electron chi connectivity index (χ1n) is 5.65. The summed E-state index contributed by atoms with van der Waals surface area (Å²) in [4.78, 5) is 6.01. The molecule has 0 amide bonds. The predicted molar refractivity (Wildman–Crippen MR) is 77.7 cm³/mol. The molecular weight excluding hydrogens is 316 g/mol. The molecule has 0 saturated heterocycles. The smallest absolute Gasteiger partial charge is 0.101 e. The number of halogens is 1. The maximum absolute atomic E-state index is 5.91. The van der Waals surface area contributed by atoms with Crippen molar-refractivity contribution in [2.24, 2.45) is 5.73 Å². The van der Waals surface area contributed by atoms with E-state index in [2.05, 4.69) is 33.4 Å². The highest BCUT2D eigenvalue weighted by molar-refractivity contribution is 9.11. The summed E-state index contributed by atoms with van der Waals surface area (Å²) in [5, 5.41) is 3.38. The topological polar surface area (TPSA) is 38.9 Å². The predicted octanol–water partition coefficient (Wildman–Crippen LogP) is 4.01. The fourth-order valence-corrected chi connectivity index (χ4v) is 4.70. The zero-order valence-corrected chi connectivity index (χ0v) is 12.5. The Morgan fingerprint density at radius 1 is 1.41 bits per heavy atom. The molecule has 1 aliphatic rings. The quantitative estimate of drug-likeness (QED) is 0.924. The minimum absolute atomic E-state index is 0.192. The first-order chi connectivity index (χ1) is 8.23. The summed E-state index contributed by atoms with van der Waals surface area (Å²) in [7, 11) is 0. The molecule has 2 nitrogen and oxygen atoms in total. The molecule has 2 N–H and O–H groups in total. The molecule has 0 unspecified atom stereocenters. The molecule has 0 atom stereocenters. The second kappa shape index (κ2) is 4.46. The van der Waals surface area contributed by atoms with Gasteiger partial charge in [-0.15, -0.1) is 22.7 Å². The number of aromatic nitrogens is 1. The molecule has 0 radical (unpaired) electrons. The van der Waals surface area contributed by atoms with E-state index in [1.807, 2.05) is 0 Å². The fraction of sp³-hybridized carbons (Fsp3) is 0.417. The van der Waals surface area contributed by atoms with Gasteiger partial charge >= 0.3 is 0 Å². The third-order valence-corrected chi connectivity index (χ3v) is 6.22. The molecule has 17 heavy (non-hydrogen) atoms. The number of hydrogen-bond donors (Lipinski definition) is 1. The Balaban J connectivity index is 1.92. The van der Waals surface area contributed by atoms with Gasteiger partial charge in [0.05, 0.1) is 14.4 Å². The van der Waals surface area contributed by atoms with E-state index in [0.29, 0.717) is 0 Å². The highest BCUT2D eigenvalue weighted by atomic mass is 79.9. The lowest BCUT2D eigenvalue weighted by molar-refractivity contribution is 0.252. The number of hydrogen-bond acceptors (Lipinski definition) is 4. The molecule has 3 rings (SSSR count). The van der Waals surface area contributed by atoms with Crippen LogP contribution in [0, 0.1) is 0 Å². The third kappa shape index (κ3) is 1.99. The van der Waals surface area contributed by atoms with E-state index in [1.165, 1.54) is 29.1 Å². The molecule has 0 bridgehead atoms. The van der Waals surface area contributed by atoms with Crippen LogP contribution >= 0.6 is 38.6 Å². The summed E-state index contributed by atoms with van der Waals surface area (Å²) >= 11 is 6.98. The average molecular weight is 329 g/mol. The van der Waals surface area contributed by atoms with Crippen LogP contribution in [0.2, 0.25) is 0 Å². The van der Waals surface area contributed by atoms with Crippen molar-refractivity contribution < 1.29 is 0 Å². The zero-order valence-electron chi connectivity index (χ0n) is 9.28. The summed E-state index contributed by atoms with van der Waals surface area (Å²) in [6.07, 6.45) is 3.69. The summed E-state index contributed by atoms with van der Waals surface area (Å²) in [5.41, 5.74) is 7.20. The van der Waals surface area contributed by atoms with Crippen LogP contribution in [0.4, 0.5) is 0 Å². The Kier molecular flexibility index (Phi) is 3.11. The second-order valence-electron chi connectivity index (χ2n) is 4.48. The number of nitrogens with two attached hydrogens (primary N) is 1. The van der Waals surface area contributed by atoms with Gasteiger partial charge in [-0.1, -0.05) is 6.42 Å². The number of thiazole rings is 1. The largest absolute Gasteiger partial charge is 0.329 e. The van der Waals surface area contributed by atoms with E-state index in [1.54, 1.807) is 22.7 Å². The first kappa shape index (κ1) is 11.8. The number of thiophene rings is 1. The van der Waals surface area contributed by atoms with Crippen molar-refractivity contribution in [3.05, 3.63) is 26.3 Å². The van der Waals surface area contributed by atoms with Gasteiger partial charge in [0.2, 0.25) is 0 Å². The molecule has 1 saturated carbocycles. The van der Waals surface area contributed by atoms with Crippen LogP contribution in [0.3, 0.4) is 0 Å². The standard InChI is InChI=1S/C12H13BrN2S2/c13-10-3-2-9(17-10)8-6-16-11(15-8)12(7-14)4-1-5-12/h2-3,6H,1,4-5,7,14H2. The Hall–Kier alpha value is -0.230. The molecule has 90 valence electrons. The highest BCUT2D eigenvalue weighted by Crippen LogP contribution is 2.45. The summed E-state index contributed by atoms with van der Waals surface area (Å²) in [6.45, 7) is 0.730. The van der Waals surface area contributed by atoms with Crippen LogP contribution in [0.5, 0.6) is 0 Å². The fourth-order valence-electron chi connectivity index (χ4n) is 2.19. The van der Waals surface area contributed by atoms with Crippen molar-refractivity contribution in [3.8, 4) is 10.6 Å².